The molecule has 0 bridgehead atoms. The largest absolute Gasteiger partial charge is 0.488 e. The molecule has 0 saturated heterocycles. The van der Waals surface area contributed by atoms with E-state index in [2.05, 4.69) is 82.1 Å². The van der Waals surface area contributed by atoms with Gasteiger partial charge in [0.05, 0.1) is 8.80 Å². The molecule has 0 spiro atoms. The molecule has 0 atom stereocenters. The number of hydrogen-bond acceptors (Lipinski definition) is 1. The van der Waals surface area contributed by atoms with Crippen LogP contribution in [-0.4, -0.2) is 15.4 Å². The van der Waals surface area contributed by atoms with Crippen LogP contribution < -0.4 is 4.74 Å². The van der Waals surface area contributed by atoms with Gasteiger partial charge in [-0.1, -0.05) is 67.4 Å². The van der Waals surface area contributed by atoms with Gasteiger partial charge in [0.2, 0.25) is 0 Å². The number of hydrogen-bond donors (Lipinski definition) is 0. The van der Waals surface area contributed by atoms with Crippen molar-refractivity contribution in [3.8, 4) is 16.9 Å². The maximum Gasteiger partial charge on any atom is 0.135 e. The molecular weight excluding hydrogens is 332 g/mol. The zero-order valence-corrected chi connectivity index (χ0v) is 17.2. The number of allylic oxidation sites excluding steroid dienone is 4. The van der Waals surface area contributed by atoms with Gasteiger partial charge in [0.1, 0.15) is 12.4 Å². The van der Waals surface area contributed by atoms with Crippen LogP contribution in [0.3, 0.4) is 0 Å². The predicted octanol–water partition coefficient (Wildman–Crippen LogP) is 6.62. The van der Waals surface area contributed by atoms with Crippen LogP contribution in [0.5, 0.6) is 5.75 Å². The van der Waals surface area contributed by atoms with Crippen molar-refractivity contribution in [3.63, 3.8) is 0 Å². The van der Waals surface area contributed by atoms with Crippen LogP contribution in [0.25, 0.3) is 16.7 Å². The van der Waals surface area contributed by atoms with E-state index >= 15 is 0 Å². The van der Waals surface area contributed by atoms with Gasteiger partial charge in [-0.05, 0) is 54.7 Å². The highest BCUT2D eigenvalue weighted by Gasteiger charge is 2.23. The second kappa shape index (κ2) is 7.92. The van der Waals surface area contributed by atoms with E-state index in [1.54, 1.807) is 5.20 Å². The number of rotatable bonds is 6. The van der Waals surface area contributed by atoms with Gasteiger partial charge >= 0.3 is 0 Å². The third kappa shape index (κ3) is 3.61. The highest BCUT2D eigenvalue weighted by molar-refractivity contribution is 6.64. The Hall–Kier alpha value is -2.32. The lowest BCUT2D eigenvalue weighted by Gasteiger charge is -2.19. The van der Waals surface area contributed by atoms with E-state index in [9.17, 15) is 0 Å². The Morgan fingerprint density at radius 2 is 1.77 bits per heavy atom. The van der Waals surface area contributed by atoms with Gasteiger partial charge in [-0.15, -0.1) is 0 Å². The SMILES string of the molecule is C=CCOc1c(C2=CCC([Si](C)C)=C2C)cc(C)cc1-c1ccccc1. The molecule has 0 fully saturated rings. The summed E-state index contributed by atoms with van der Waals surface area (Å²) in [5.41, 5.74) is 7.59. The van der Waals surface area contributed by atoms with Gasteiger partial charge in [0, 0.05) is 11.1 Å². The predicted molar refractivity (Wildman–Crippen MR) is 115 cm³/mol. The summed E-state index contributed by atoms with van der Waals surface area (Å²) >= 11 is 0. The van der Waals surface area contributed by atoms with Crippen molar-refractivity contribution in [2.75, 3.05) is 6.61 Å². The van der Waals surface area contributed by atoms with E-state index in [0.29, 0.717) is 6.61 Å². The molecule has 1 aliphatic carbocycles. The lowest BCUT2D eigenvalue weighted by molar-refractivity contribution is 0.363. The summed E-state index contributed by atoms with van der Waals surface area (Å²) in [6, 6.07) is 15.0. The first-order valence-corrected chi connectivity index (χ1v) is 11.7. The molecule has 3 rings (SSSR count). The minimum atomic E-state index is -0.431. The molecule has 133 valence electrons. The fraction of sp³-hybridized carbons (Fsp3) is 0.250. The summed E-state index contributed by atoms with van der Waals surface area (Å²) in [6.45, 7) is 13.5. The summed E-state index contributed by atoms with van der Waals surface area (Å²) < 4.78 is 6.21. The van der Waals surface area contributed by atoms with Crippen LogP contribution in [0.15, 0.2) is 72.0 Å². The zero-order chi connectivity index (χ0) is 18.7. The molecule has 2 heteroatoms. The maximum atomic E-state index is 6.21. The molecular formula is C24H27OSi. The second-order valence-electron chi connectivity index (χ2n) is 7.08. The molecule has 0 aromatic heterocycles. The van der Waals surface area contributed by atoms with E-state index in [1.807, 2.05) is 6.08 Å². The number of ether oxygens (including phenoxy) is 1. The van der Waals surface area contributed by atoms with Crippen molar-refractivity contribution >= 4 is 14.4 Å². The molecule has 0 saturated carbocycles. The lowest BCUT2D eigenvalue weighted by Crippen LogP contribution is -2.05. The Balaban J connectivity index is 2.19. The Morgan fingerprint density at radius 3 is 2.38 bits per heavy atom. The van der Waals surface area contributed by atoms with E-state index in [4.69, 9.17) is 4.74 Å². The minimum absolute atomic E-state index is 0.431. The summed E-state index contributed by atoms with van der Waals surface area (Å²) in [5, 5.41) is 1.63. The molecule has 0 amide bonds. The third-order valence-electron chi connectivity index (χ3n) is 4.92. The monoisotopic (exact) mass is 359 g/mol. The first kappa shape index (κ1) is 18.5. The van der Waals surface area contributed by atoms with Gasteiger partial charge in [0.25, 0.3) is 0 Å². The molecule has 1 radical (unpaired) electrons. The summed E-state index contributed by atoms with van der Waals surface area (Å²) in [6.07, 6.45) is 5.28. The molecule has 0 unspecified atom stereocenters. The highest BCUT2D eigenvalue weighted by Crippen LogP contribution is 2.43. The molecule has 0 heterocycles. The van der Waals surface area contributed by atoms with Crippen molar-refractivity contribution in [2.45, 2.75) is 33.4 Å². The molecule has 0 N–H and O–H groups in total. The smallest absolute Gasteiger partial charge is 0.135 e. The van der Waals surface area contributed by atoms with Crippen LogP contribution >= 0.6 is 0 Å². The van der Waals surface area contributed by atoms with Gasteiger partial charge in [0.15, 0.2) is 0 Å². The first-order valence-electron chi connectivity index (χ1n) is 9.18. The van der Waals surface area contributed by atoms with Crippen LogP contribution in [0.2, 0.25) is 13.1 Å². The Labute approximate surface area is 159 Å². The topological polar surface area (TPSA) is 9.23 Å². The van der Waals surface area contributed by atoms with Crippen LogP contribution in [0.1, 0.15) is 24.5 Å². The van der Waals surface area contributed by atoms with E-state index < -0.39 is 8.80 Å². The van der Waals surface area contributed by atoms with E-state index in [-0.39, 0.29) is 0 Å². The Kier molecular flexibility index (Phi) is 5.63. The van der Waals surface area contributed by atoms with E-state index in [1.165, 1.54) is 27.8 Å². The second-order valence-corrected chi connectivity index (χ2v) is 9.68. The molecule has 0 aliphatic heterocycles. The standard InChI is InChI=1S/C24H27OSi/c1-6-14-25-24-21(19-10-8-7-9-11-19)15-17(2)16-22(24)20-12-13-23(18(20)3)26(4)5/h6-12,15-16H,1,13-14H2,2-5H3. The Morgan fingerprint density at radius 1 is 1.08 bits per heavy atom. The van der Waals surface area contributed by atoms with Crippen molar-refractivity contribution in [1.82, 2.24) is 0 Å². The molecule has 26 heavy (non-hydrogen) atoms. The van der Waals surface area contributed by atoms with Gasteiger partial charge in [-0.25, -0.2) is 0 Å². The van der Waals surface area contributed by atoms with Gasteiger partial charge in [-0.2, -0.15) is 0 Å². The Bertz CT molecular complexity index is 873. The highest BCUT2D eigenvalue weighted by atomic mass is 28.3. The fourth-order valence-electron chi connectivity index (χ4n) is 3.67. The zero-order valence-electron chi connectivity index (χ0n) is 16.2. The van der Waals surface area contributed by atoms with E-state index in [0.717, 1.165) is 17.7 Å². The lowest BCUT2D eigenvalue weighted by atomic mass is 9.93. The van der Waals surface area contributed by atoms with Gasteiger partial charge < -0.3 is 4.74 Å². The number of aryl methyl sites for hydroxylation is 1. The summed E-state index contributed by atoms with van der Waals surface area (Å²) in [4.78, 5) is 0. The van der Waals surface area contributed by atoms with Crippen LogP contribution in [-0.2, 0) is 0 Å². The first-order chi connectivity index (χ1) is 12.5. The number of benzene rings is 2. The molecule has 1 nitrogen and oxygen atoms in total. The third-order valence-corrected chi connectivity index (χ3v) is 6.71. The quantitative estimate of drug-likeness (QED) is 0.416. The molecule has 2 aromatic rings. The average molecular weight is 360 g/mol. The van der Waals surface area contributed by atoms with Crippen molar-refractivity contribution in [3.05, 3.63) is 83.1 Å². The molecule has 2 aromatic carbocycles. The average Bonchev–Trinajstić information content (AvgIpc) is 3.02. The molecule has 1 aliphatic rings. The van der Waals surface area contributed by atoms with Crippen LogP contribution in [0, 0.1) is 6.92 Å². The minimum Gasteiger partial charge on any atom is -0.488 e. The summed E-state index contributed by atoms with van der Waals surface area (Å²) in [5.74, 6) is 0.967. The van der Waals surface area contributed by atoms with Crippen molar-refractivity contribution in [2.24, 2.45) is 0 Å². The maximum absolute atomic E-state index is 6.21. The van der Waals surface area contributed by atoms with Crippen molar-refractivity contribution in [1.29, 1.82) is 0 Å². The van der Waals surface area contributed by atoms with Gasteiger partial charge in [-0.3, -0.25) is 0 Å². The fourth-order valence-corrected chi connectivity index (χ4v) is 5.06. The summed E-state index contributed by atoms with van der Waals surface area (Å²) in [7, 11) is -0.431. The van der Waals surface area contributed by atoms with Crippen LogP contribution in [0.4, 0.5) is 0 Å². The normalized spacial score (nSPS) is 14.0. The van der Waals surface area contributed by atoms with Crippen molar-refractivity contribution < 1.29 is 4.74 Å².